The van der Waals surface area contributed by atoms with Crippen LogP contribution in [0.3, 0.4) is 0 Å². The first-order chi connectivity index (χ1) is 11.5. The largest absolute Gasteiger partial charge is 0.362 e. The lowest BCUT2D eigenvalue weighted by atomic mass is 10.0. The molecule has 24 heavy (non-hydrogen) atoms. The van der Waals surface area contributed by atoms with Crippen molar-refractivity contribution in [3.05, 3.63) is 23.9 Å². The van der Waals surface area contributed by atoms with E-state index in [1.165, 1.54) is 19.3 Å². The van der Waals surface area contributed by atoms with E-state index in [-0.39, 0.29) is 5.91 Å². The highest BCUT2D eigenvalue weighted by molar-refractivity contribution is 5.98. The molecule has 0 bridgehead atoms. The number of hydrogen-bond donors (Lipinski definition) is 0. The molecule has 0 aliphatic carbocycles. The normalized spacial score (nSPS) is 28.2. The Labute approximate surface area is 145 Å². The Kier molecular flexibility index (Phi) is 5.09. The fraction of sp³-hybridized carbons (Fsp3) is 0.684. The van der Waals surface area contributed by atoms with Gasteiger partial charge in [0, 0.05) is 51.5 Å². The van der Waals surface area contributed by atoms with Crippen LogP contribution < -0.4 is 4.90 Å². The first kappa shape index (κ1) is 17.2. The van der Waals surface area contributed by atoms with E-state index < -0.39 is 0 Å². The van der Waals surface area contributed by atoms with Gasteiger partial charge in [-0.05, 0) is 51.7 Å². The molecule has 0 saturated carbocycles. The second-order valence-electron chi connectivity index (χ2n) is 7.54. The van der Waals surface area contributed by atoms with Gasteiger partial charge in [-0.25, -0.2) is 4.98 Å². The van der Waals surface area contributed by atoms with Gasteiger partial charge in [-0.15, -0.1) is 0 Å². The average Bonchev–Trinajstić information content (AvgIpc) is 2.93. The van der Waals surface area contributed by atoms with Gasteiger partial charge in [0.05, 0.1) is 5.56 Å². The van der Waals surface area contributed by atoms with E-state index in [1.807, 2.05) is 36.0 Å². The number of amides is 1. The number of carbonyl (C=O) groups is 1. The number of likely N-dealkylation sites (tertiary alicyclic amines) is 2. The molecule has 1 amide bonds. The van der Waals surface area contributed by atoms with Gasteiger partial charge >= 0.3 is 0 Å². The summed E-state index contributed by atoms with van der Waals surface area (Å²) in [5, 5.41) is 0. The second-order valence-corrected chi connectivity index (χ2v) is 7.54. The third-order valence-corrected chi connectivity index (χ3v) is 5.57. The van der Waals surface area contributed by atoms with Crippen LogP contribution in [0.2, 0.25) is 0 Å². The maximum absolute atomic E-state index is 13.1. The van der Waals surface area contributed by atoms with Crippen LogP contribution in [0.25, 0.3) is 0 Å². The van der Waals surface area contributed by atoms with E-state index >= 15 is 0 Å². The lowest BCUT2D eigenvalue weighted by Crippen LogP contribution is -2.52. The molecule has 2 fully saturated rings. The second kappa shape index (κ2) is 7.09. The highest BCUT2D eigenvalue weighted by Gasteiger charge is 2.36. The van der Waals surface area contributed by atoms with Crippen LogP contribution in [-0.2, 0) is 0 Å². The van der Waals surface area contributed by atoms with Gasteiger partial charge < -0.3 is 9.80 Å². The molecular formula is C19H30N4O. The molecule has 0 N–H and O–H groups in total. The smallest absolute Gasteiger partial charge is 0.257 e. The summed E-state index contributed by atoms with van der Waals surface area (Å²) >= 11 is 0. The molecular weight excluding hydrogens is 300 g/mol. The summed E-state index contributed by atoms with van der Waals surface area (Å²) in [7, 11) is 3.87. The number of anilines is 1. The predicted molar refractivity (Wildman–Crippen MR) is 97.5 cm³/mol. The Hall–Kier alpha value is -1.62. The van der Waals surface area contributed by atoms with Crippen molar-refractivity contribution in [2.24, 2.45) is 0 Å². The van der Waals surface area contributed by atoms with Crippen molar-refractivity contribution in [3.63, 3.8) is 0 Å². The van der Waals surface area contributed by atoms with Crippen LogP contribution in [-0.4, -0.2) is 66.0 Å². The van der Waals surface area contributed by atoms with Crippen molar-refractivity contribution >= 4 is 11.7 Å². The fourth-order valence-corrected chi connectivity index (χ4v) is 4.41. The van der Waals surface area contributed by atoms with Crippen LogP contribution in [0, 0.1) is 0 Å². The lowest BCUT2D eigenvalue weighted by Gasteiger charge is -2.41. The third-order valence-electron chi connectivity index (χ3n) is 5.57. The van der Waals surface area contributed by atoms with E-state index in [0.29, 0.717) is 23.7 Å². The van der Waals surface area contributed by atoms with Crippen LogP contribution in [0.5, 0.6) is 0 Å². The van der Waals surface area contributed by atoms with E-state index in [2.05, 4.69) is 23.7 Å². The van der Waals surface area contributed by atoms with Crippen molar-refractivity contribution in [1.29, 1.82) is 0 Å². The van der Waals surface area contributed by atoms with Gasteiger partial charge in [0.2, 0.25) is 0 Å². The molecule has 1 aromatic heterocycles. The molecule has 2 aliphatic heterocycles. The van der Waals surface area contributed by atoms with Gasteiger partial charge in [0.15, 0.2) is 0 Å². The molecule has 132 valence electrons. The van der Waals surface area contributed by atoms with Gasteiger partial charge in [0.25, 0.3) is 5.91 Å². The SMILES string of the molecule is C[C@@H]1CC[C@@H](C)N1[C@H]1CCCN(C(=O)c2cccnc2N(C)C)C1. The minimum atomic E-state index is 0.121. The van der Waals surface area contributed by atoms with Crippen LogP contribution in [0.1, 0.15) is 49.9 Å². The summed E-state index contributed by atoms with van der Waals surface area (Å²) in [6.45, 7) is 6.36. The zero-order valence-corrected chi connectivity index (χ0v) is 15.4. The number of hydrogen-bond acceptors (Lipinski definition) is 4. The fourth-order valence-electron chi connectivity index (χ4n) is 4.41. The molecule has 1 aromatic rings. The lowest BCUT2D eigenvalue weighted by molar-refractivity contribution is 0.0487. The van der Waals surface area contributed by atoms with Crippen molar-refractivity contribution in [1.82, 2.24) is 14.8 Å². The highest BCUT2D eigenvalue weighted by Crippen LogP contribution is 2.30. The quantitative estimate of drug-likeness (QED) is 0.854. The summed E-state index contributed by atoms with van der Waals surface area (Å²) in [4.78, 5) is 24.1. The van der Waals surface area contributed by atoms with Crippen LogP contribution in [0.4, 0.5) is 5.82 Å². The zero-order chi connectivity index (χ0) is 17.3. The summed E-state index contributed by atoms with van der Waals surface area (Å²) in [5.74, 6) is 0.878. The Balaban J connectivity index is 1.76. The van der Waals surface area contributed by atoms with E-state index in [4.69, 9.17) is 0 Å². The van der Waals surface area contributed by atoms with Crippen molar-refractivity contribution in [2.75, 3.05) is 32.1 Å². The molecule has 2 aliphatic rings. The Bertz CT molecular complexity index is 578. The molecule has 3 rings (SSSR count). The molecule has 0 aromatic carbocycles. The van der Waals surface area contributed by atoms with Gasteiger partial charge in [-0.1, -0.05) is 0 Å². The number of carbonyl (C=O) groups excluding carboxylic acids is 1. The first-order valence-electron chi connectivity index (χ1n) is 9.18. The molecule has 3 heterocycles. The topological polar surface area (TPSA) is 39.7 Å². The first-order valence-corrected chi connectivity index (χ1v) is 9.18. The molecule has 3 atom stereocenters. The molecule has 0 unspecified atom stereocenters. The highest BCUT2D eigenvalue weighted by atomic mass is 16.2. The van der Waals surface area contributed by atoms with Crippen molar-refractivity contribution in [3.8, 4) is 0 Å². The van der Waals surface area contributed by atoms with Crippen LogP contribution in [0.15, 0.2) is 18.3 Å². The predicted octanol–water partition coefficient (Wildman–Crippen LogP) is 2.63. The van der Waals surface area contributed by atoms with Crippen LogP contribution >= 0.6 is 0 Å². The Morgan fingerprint density at radius 3 is 2.58 bits per heavy atom. The Morgan fingerprint density at radius 1 is 1.21 bits per heavy atom. The number of pyridine rings is 1. The third kappa shape index (κ3) is 3.27. The molecule has 0 radical (unpaired) electrons. The molecule has 2 saturated heterocycles. The Morgan fingerprint density at radius 2 is 1.92 bits per heavy atom. The summed E-state index contributed by atoms with van der Waals surface area (Å²) in [5.41, 5.74) is 0.714. The summed E-state index contributed by atoms with van der Waals surface area (Å²) < 4.78 is 0. The number of nitrogens with zero attached hydrogens (tertiary/aromatic N) is 4. The molecule has 5 heteroatoms. The maximum atomic E-state index is 13.1. The van der Waals surface area contributed by atoms with E-state index in [9.17, 15) is 4.79 Å². The monoisotopic (exact) mass is 330 g/mol. The summed E-state index contributed by atoms with van der Waals surface area (Å²) in [6, 6.07) is 5.52. The number of piperidine rings is 1. The van der Waals surface area contributed by atoms with E-state index in [1.54, 1.807) is 6.20 Å². The molecule has 0 spiro atoms. The average molecular weight is 330 g/mol. The zero-order valence-electron chi connectivity index (χ0n) is 15.4. The maximum Gasteiger partial charge on any atom is 0.257 e. The van der Waals surface area contributed by atoms with Gasteiger partial charge in [-0.2, -0.15) is 0 Å². The standard InChI is InChI=1S/C19H30N4O/c1-14-9-10-15(2)23(14)16-7-6-12-22(13-16)19(24)17-8-5-11-20-18(17)21(3)4/h5,8,11,14-16H,6-7,9-10,12-13H2,1-4H3/t14-,15-,16+/m1/s1. The number of rotatable bonds is 3. The van der Waals surface area contributed by atoms with Crippen molar-refractivity contribution < 1.29 is 4.79 Å². The van der Waals surface area contributed by atoms with Gasteiger partial charge in [-0.3, -0.25) is 9.69 Å². The van der Waals surface area contributed by atoms with Gasteiger partial charge in [0.1, 0.15) is 5.82 Å². The minimum Gasteiger partial charge on any atom is -0.362 e. The molecule has 5 nitrogen and oxygen atoms in total. The number of aromatic nitrogens is 1. The minimum absolute atomic E-state index is 0.121. The van der Waals surface area contributed by atoms with E-state index in [0.717, 1.165) is 25.3 Å². The van der Waals surface area contributed by atoms with Crippen molar-refractivity contribution in [2.45, 2.75) is 57.7 Å². The summed E-state index contributed by atoms with van der Waals surface area (Å²) in [6.07, 6.45) is 6.59.